The Labute approximate surface area is 150 Å². The lowest BCUT2D eigenvalue weighted by Gasteiger charge is -2.20. The average Bonchev–Trinajstić information content (AvgIpc) is 3.20. The van der Waals surface area contributed by atoms with Crippen LogP contribution in [0, 0.1) is 17.1 Å². The van der Waals surface area contributed by atoms with Crippen LogP contribution >= 0.6 is 0 Å². The zero-order chi connectivity index (χ0) is 18.7. The van der Waals surface area contributed by atoms with Crippen molar-refractivity contribution in [3.05, 3.63) is 35.7 Å². The fourth-order valence-corrected chi connectivity index (χ4v) is 3.11. The van der Waals surface area contributed by atoms with Gasteiger partial charge in [0.25, 0.3) is 0 Å². The number of nitriles is 1. The molecule has 1 N–H and O–H groups in total. The smallest absolute Gasteiger partial charge is 0.414 e. The Balaban J connectivity index is 1.70. The number of cyclic esters (lactones) is 1. The molecular weight excluding hydrogens is 339 g/mol. The summed E-state index contributed by atoms with van der Waals surface area (Å²) in [6, 6.07) is 6.62. The summed E-state index contributed by atoms with van der Waals surface area (Å²) in [6.07, 6.45) is 1.21. The SMILES string of the molecule is CC(=O)NC[C@H]1CN(c2ccc(N3CCC(=CC#N)C3)c(F)c2)C(=O)O1. The lowest BCUT2D eigenvalue weighted by atomic mass is 10.2. The van der Waals surface area contributed by atoms with Crippen LogP contribution in [0.1, 0.15) is 13.3 Å². The van der Waals surface area contributed by atoms with Crippen molar-refractivity contribution in [3.63, 3.8) is 0 Å². The van der Waals surface area contributed by atoms with Gasteiger partial charge in [0, 0.05) is 26.1 Å². The molecule has 2 aliphatic rings. The molecule has 1 atom stereocenters. The van der Waals surface area contributed by atoms with Gasteiger partial charge in [-0.2, -0.15) is 5.26 Å². The predicted molar refractivity (Wildman–Crippen MR) is 93.2 cm³/mol. The van der Waals surface area contributed by atoms with Crippen molar-refractivity contribution in [1.82, 2.24) is 5.32 Å². The van der Waals surface area contributed by atoms with E-state index in [4.69, 9.17) is 10.00 Å². The third-order valence-corrected chi connectivity index (χ3v) is 4.40. The predicted octanol–water partition coefficient (Wildman–Crippen LogP) is 1.95. The quantitative estimate of drug-likeness (QED) is 0.832. The van der Waals surface area contributed by atoms with Gasteiger partial charge < -0.3 is 15.0 Å². The van der Waals surface area contributed by atoms with Crippen LogP contribution in [-0.2, 0) is 9.53 Å². The number of ether oxygens (including phenoxy) is 1. The Bertz CT molecular complexity index is 802. The zero-order valence-corrected chi connectivity index (χ0v) is 14.4. The number of hydrogen-bond donors (Lipinski definition) is 1. The van der Waals surface area contributed by atoms with Crippen molar-refractivity contribution in [2.45, 2.75) is 19.4 Å². The molecule has 1 aromatic rings. The first kappa shape index (κ1) is 17.7. The number of hydrogen-bond acceptors (Lipinski definition) is 5. The second-order valence-electron chi connectivity index (χ2n) is 6.29. The van der Waals surface area contributed by atoms with Gasteiger partial charge in [0.2, 0.25) is 5.91 Å². The number of carbonyl (C=O) groups is 2. The minimum atomic E-state index is -0.562. The Morgan fingerprint density at radius 2 is 2.35 bits per heavy atom. The Hall–Kier alpha value is -3.08. The van der Waals surface area contributed by atoms with Crippen LogP contribution in [0.4, 0.5) is 20.6 Å². The van der Waals surface area contributed by atoms with Crippen molar-refractivity contribution in [2.24, 2.45) is 0 Å². The molecule has 0 bridgehead atoms. The normalized spacial score (nSPS) is 21.0. The molecule has 2 fully saturated rings. The monoisotopic (exact) mass is 358 g/mol. The van der Waals surface area contributed by atoms with Crippen LogP contribution < -0.4 is 15.1 Å². The molecule has 26 heavy (non-hydrogen) atoms. The van der Waals surface area contributed by atoms with Crippen LogP contribution in [0.15, 0.2) is 29.8 Å². The highest BCUT2D eigenvalue weighted by atomic mass is 19.1. The van der Waals surface area contributed by atoms with E-state index in [0.717, 1.165) is 12.0 Å². The van der Waals surface area contributed by atoms with Crippen molar-refractivity contribution in [3.8, 4) is 6.07 Å². The average molecular weight is 358 g/mol. The van der Waals surface area contributed by atoms with Gasteiger partial charge in [0.15, 0.2) is 0 Å². The Kier molecular flexibility index (Phi) is 5.07. The summed E-state index contributed by atoms with van der Waals surface area (Å²) in [5, 5.41) is 11.3. The minimum Gasteiger partial charge on any atom is -0.442 e. The molecule has 0 aliphatic carbocycles. The molecule has 0 saturated carbocycles. The molecule has 136 valence electrons. The van der Waals surface area contributed by atoms with E-state index in [1.165, 1.54) is 24.0 Å². The van der Waals surface area contributed by atoms with Crippen molar-refractivity contribution in [2.75, 3.05) is 36.0 Å². The van der Waals surface area contributed by atoms with E-state index < -0.39 is 18.0 Å². The van der Waals surface area contributed by atoms with Crippen molar-refractivity contribution in [1.29, 1.82) is 5.26 Å². The first-order chi connectivity index (χ1) is 12.5. The number of anilines is 2. The number of nitrogens with one attached hydrogen (secondary N) is 1. The zero-order valence-electron chi connectivity index (χ0n) is 14.4. The maximum Gasteiger partial charge on any atom is 0.414 e. The third kappa shape index (κ3) is 3.77. The Morgan fingerprint density at radius 3 is 3.04 bits per heavy atom. The lowest BCUT2D eigenvalue weighted by Crippen LogP contribution is -2.33. The molecule has 0 unspecified atom stereocenters. The summed E-state index contributed by atoms with van der Waals surface area (Å²) in [4.78, 5) is 26.2. The van der Waals surface area contributed by atoms with Crippen molar-refractivity contribution < 1.29 is 18.7 Å². The number of benzene rings is 1. The van der Waals surface area contributed by atoms with E-state index in [-0.39, 0.29) is 19.0 Å². The highest BCUT2D eigenvalue weighted by Crippen LogP contribution is 2.30. The van der Waals surface area contributed by atoms with Gasteiger partial charge in [0.05, 0.1) is 30.5 Å². The highest BCUT2D eigenvalue weighted by molar-refractivity contribution is 5.90. The summed E-state index contributed by atoms with van der Waals surface area (Å²) in [5.74, 6) is -0.635. The first-order valence-corrected chi connectivity index (χ1v) is 8.32. The second-order valence-corrected chi connectivity index (χ2v) is 6.29. The first-order valence-electron chi connectivity index (χ1n) is 8.32. The number of rotatable bonds is 4. The van der Waals surface area contributed by atoms with E-state index in [1.54, 1.807) is 12.1 Å². The lowest BCUT2D eigenvalue weighted by molar-refractivity contribution is -0.119. The maximum absolute atomic E-state index is 14.6. The van der Waals surface area contributed by atoms with Crippen LogP contribution in [0.2, 0.25) is 0 Å². The van der Waals surface area contributed by atoms with Crippen LogP contribution in [0.25, 0.3) is 0 Å². The molecule has 0 radical (unpaired) electrons. The molecule has 8 heteroatoms. The van der Waals surface area contributed by atoms with E-state index in [2.05, 4.69) is 5.32 Å². The number of amides is 2. The van der Waals surface area contributed by atoms with Gasteiger partial charge in [-0.05, 0) is 30.2 Å². The summed E-state index contributed by atoms with van der Waals surface area (Å²) >= 11 is 0. The molecular formula is C18H19FN4O3. The van der Waals surface area contributed by atoms with Gasteiger partial charge >= 0.3 is 6.09 Å². The fraction of sp³-hybridized carbons (Fsp3) is 0.389. The molecule has 2 amide bonds. The van der Waals surface area contributed by atoms with Crippen LogP contribution in [0.3, 0.4) is 0 Å². The number of nitrogens with zero attached hydrogens (tertiary/aromatic N) is 3. The Morgan fingerprint density at radius 1 is 1.54 bits per heavy atom. The molecule has 2 saturated heterocycles. The molecule has 1 aromatic carbocycles. The summed E-state index contributed by atoms with van der Waals surface area (Å²) in [7, 11) is 0. The van der Waals surface area contributed by atoms with Gasteiger partial charge in [-0.1, -0.05) is 0 Å². The number of halogens is 1. The third-order valence-electron chi connectivity index (χ3n) is 4.40. The summed E-state index contributed by atoms with van der Waals surface area (Å²) in [6.45, 7) is 3.03. The van der Waals surface area contributed by atoms with E-state index in [9.17, 15) is 14.0 Å². The minimum absolute atomic E-state index is 0.203. The molecule has 7 nitrogen and oxygen atoms in total. The van der Waals surface area contributed by atoms with Gasteiger partial charge in [-0.15, -0.1) is 0 Å². The van der Waals surface area contributed by atoms with Crippen molar-refractivity contribution >= 4 is 23.4 Å². The maximum atomic E-state index is 14.6. The second kappa shape index (κ2) is 7.44. The van der Waals surface area contributed by atoms with E-state index in [0.29, 0.717) is 24.5 Å². The van der Waals surface area contributed by atoms with E-state index in [1.807, 2.05) is 11.0 Å². The van der Waals surface area contributed by atoms with Crippen LogP contribution in [0.5, 0.6) is 0 Å². The standard InChI is InChI=1S/C18H19FN4O3/c1-12(24)21-9-15-11-23(18(25)26-15)14-2-3-17(16(19)8-14)22-7-5-13(10-22)4-6-20/h2-4,8,15H,5,7,9-11H2,1H3,(H,21,24)/t15-/m0/s1. The van der Waals surface area contributed by atoms with E-state index >= 15 is 0 Å². The van der Waals surface area contributed by atoms with Gasteiger partial charge in [-0.25, -0.2) is 9.18 Å². The topological polar surface area (TPSA) is 85.7 Å². The number of allylic oxidation sites excluding steroid dienone is 1. The molecule has 2 aliphatic heterocycles. The molecule has 3 rings (SSSR count). The summed E-state index contributed by atoms with van der Waals surface area (Å²) in [5.41, 5.74) is 1.82. The largest absolute Gasteiger partial charge is 0.442 e. The summed E-state index contributed by atoms with van der Waals surface area (Å²) < 4.78 is 19.8. The van der Waals surface area contributed by atoms with Crippen LogP contribution in [-0.4, -0.2) is 44.3 Å². The number of carbonyl (C=O) groups excluding carboxylic acids is 2. The fourth-order valence-electron chi connectivity index (χ4n) is 3.11. The highest BCUT2D eigenvalue weighted by Gasteiger charge is 2.33. The molecule has 2 heterocycles. The molecule has 0 aromatic heterocycles. The molecule has 0 spiro atoms. The van der Waals surface area contributed by atoms with Gasteiger partial charge in [-0.3, -0.25) is 9.69 Å². The van der Waals surface area contributed by atoms with Gasteiger partial charge in [0.1, 0.15) is 11.9 Å².